The quantitative estimate of drug-likeness (QED) is 0.646. The number of carbonyl (C=O) groups is 1. The van der Waals surface area contributed by atoms with Gasteiger partial charge in [-0.3, -0.25) is 14.5 Å². The van der Waals surface area contributed by atoms with E-state index >= 15 is 0 Å². The van der Waals surface area contributed by atoms with Crippen LogP contribution in [0.4, 0.5) is 0 Å². The van der Waals surface area contributed by atoms with Crippen LogP contribution in [0.1, 0.15) is 26.6 Å². The monoisotopic (exact) mass is 436 g/mol. The summed E-state index contributed by atoms with van der Waals surface area (Å²) < 4.78 is 6.99. The number of ether oxygens (including phenoxy) is 1. The van der Waals surface area contributed by atoms with E-state index in [4.69, 9.17) is 4.74 Å². The Hall–Kier alpha value is -1.68. The fourth-order valence-corrected chi connectivity index (χ4v) is 4.79. The molecule has 0 radical (unpaired) electrons. The third-order valence-corrected chi connectivity index (χ3v) is 6.54. The van der Waals surface area contributed by atoms with Crippen molar-refractivity contribution in [3.05, 3.63) is 49.8 Å². The standard InChI is InChI=1S/C20H28N4O3S2/c1-15-4-6-24(8-7-23-9-11-27-12-10-23)20(26)18(15)19(25)21-5-3-16-13-29-17(22-16)14-28-2/h4,6,13H,3,5,7-12,14H2,1-2H3,(H,21,25). The minimum atomic E-state index is -0.312. The Kier molecular flexibility index (Phi) is 8.29. The van der Waals surface area contributed by atoms with Gasteiger partial charge in [-0.25, -0.2) is 4.98 Å². The first-order valence-electron chi connectivity index (χ1n) is 9.79. The SMILES string of the molecule is CSCc1nc(CCNC(=O)c2c(C)ccn(CCN3CCOCC3)c2=O)cs1. The van der Waals surface area contributed by atoms with Gasteiger partial charge in [0.05, 0.1) is 18.9 Å². The summed E-state index contributed by atoms with van der Waals surface area (Å²) in [6.07, 6.45) is 4.49. The molecule has 3 rings (SSSR count). The summed E-state index contributed by atoms with van der Waals surface area (Å²) in [5.41, 5.74) is 1.68. The topological polar surface area (TPSA) is 76.5 Å². The number of morpholine rings is 1. The van der Waals surface area contributed by atoms with Crippen molar-refractivity contribution in [2.45, 2.75) is 25.6 Å². The van der Waals surface area contributed by atoms with Crippen molar-refractivity contribution in [3.8, 4) is 0 Å². The second-order valence-electron chi connectivity index (χ2n) is 7.00. The molecule has 1 N–H and O–H groups in total. The summed E-state index contributed by atoms with van der Waals surface area (Å²) in [7, 11) is 0. The fourth-order valence-electron chi connectivity index (χ4n) is 3.24. The Balaban J connectivity index is 1.57. The number of aromatic nitrogens is 2. The Bertz CT molecular complexity index is 875. The van der Waals surface area contributed by atoms with Crippen LogP contribution in [0.2, 0.25) is 0 Å². The number of thiazole rings is 1. The van der Waals surface area contributed by atoms with Crippen molar-refractivity contribution in [3.63, 3.8) is 0 Å². The molecule has 9 heteroatoms. The van der Waals surface area contributed by atoms with E-state index in [2.05, 4.69) is 21.5 Å². The molecule has 3 heterocycles. The number of aryl methyl sites for hydroxylation is 1. The normalized spacial score (nSPS) is 14.8. The van der Waals surface area contributed by atoms with E-state index in [1.165, 1.54) is 0 Å². The van der Waals surface area contributed by atoms with E-state index in [0.29, 0.717) is 25.1 Å². The third-order valence-electron chi connectivity index (χ3n) is 4.90. The van der Waals surface area contributed by atoms with E-state index < -0.39 is 0 Å². The molecule has 1 saturated heterocycles. The minimum absolute atomic E-state index is 0.230. The first kappa shape index (κ1) is 22.0. The molecule has 2 aromatic heterocycles. The van der Waals surface area contributed by atoms with Gasteiger partial charge in [0, 0.05) is 56.5 Å². The van der Waals surface area contributed by atoms with Crippen LogP contribution < -0.4 is 10.9 Å². The summed E-state index contributed by atoms with van der Waals surface area (Å²) in [5.74, 6) is 0.595. The zero-order valence-electron chi connectivity index (χ0n) is 17.0. The van der Waals surface area contributed by atoms with E-state index in [-0.39, 0.29) is 17.0 Å². The predicted molar refractivity (Wildman–Crippen MR) is 118 cm³/mol. The van der Waals surface area contributed by atoms with Gasteiger partial charge in [-0.1, -0.05) is 0 Å². The first-order valence-corrected chi connectivity index (χ1v) is 12.1. The maximum Gasteiger partial charge on any atom is 0.263 e. The lowest BCUT2D eigenvalue weighted by Gasteiger charge is -2.26. The van der Waals surface area contributed by atoms with E-state index in [0.717, 1.165) is 49.3 Å². The van der Waals surface area contributed by atoms with Gasteiger partial charge in [0.15, 0.2) is 0 Å². The summed E-state index contributed by atoms with van der Waals surface area (Å²) in [4.78, 5) is 32.4. The highest BCUT2D eigenvalue weighted by molar-refractivity contribution is 7.97. The number of carbonyl (C=O) groups excluding carboxylic acids is 1. The molecule has 2 aromatic rings. The van der Waals surface area contributed by atoms with Crippen LogP contribution in [0.5, 0.6) is 0 Å². The molecule has 0 unspecified atom stereocenters. The van der Waals surface area contributed by atoms with Crippen LogP contribution in [-0.4, -0.2) is 66.0 Å². The lowest BCUT2D eigenvalue weighted by atomic mass is 10.1. The van der Waals surface area contributed by atoms with Gasteiger partial charge >= 0.3 is 0 Å². The van der Waals surface area contributed by atoms with Crippen molar-refractivity contribution >= 4 is 29.0 Å². The molecular formula is C20H28N4O3S2. The Morgan fingerprint density at radius 3 is 2.90 bits per heavy atom. The molecular weight excluding hydrogens is 408 g/mol. The number of amides is 1. The highest BCUT2D eigenvalue weighted by Gasteiger charge is 2.17. The molecule has 7 nitrogen and oxygen atoms in total. The molecule has 158 valence electrons. The van der Waals surface area contributed by atoms with Crippen molar-refractivity contribution < 1.29 is 9.53 Å². The molecule has 1 fully saturated rings. The number of nitrogens with one attached hydrogen (secondary N) is 1. The first-order chi connectivity index (χ1) is 14.1. The van der Waals surface area contributed by atoms with Crippen LogP contribution in [0.25, 0.3) is 0 Å². The highest BCUT2D eigenvalue weighted by Crippen LogP contribution is 2.15. The molecule has 0 bridgehead atoms. The van der Waals surface area contributed by atoms with Gasteiger partial charge in [0.1, 0.15) is 10.6 Å². The van der Waals surface area contributed by atoms with Gasteiger partial charge in [0.25, 0.3) is 11.5 Å². The second-order valence-corrected chi connectivity index (χ2v) is 8.81. The minimum Gasteiger partial charge on any atom is -0.379 e. The summed E-state index contributed by atoms with van der Waals surface area (Å²) in [6, 6.07) is 1.84. The Morgan fingerprint density at radius 1 is 1.34 bits per heavy atom. The fraction of sp³-hybridized carbons (Fsp3) is 0.550. The largest absolute Gasteiger partial charge is 0.379 e. The van der Waals surface area contributed by atoms with Gasteiger partial charge < -0.3 is 14.6 Å². The molecule has 1 aliphatic rings. The van der Waals surface area contributed by atoms with Gasteiger partial charge in [-0.2, -0.15) is 11.8 Å². The maximum atomic E-state index is 12.9. The maximum absolute atomic E-state index is 12.9. The van der Waals surface area contributed by atoms with E-state index in [9.17, 15) is 9.59 Å². The van der Waals surface area contributed by atoms with Crippen LogP contribution in [-0.2, 0) is 23.5 Å². The summed E-state index contributed by atoms with van der Waals surface area (Å²) >= 11 is 3.39. The number of hydrogen-bond acceptors (Lipinski definition) is 7. The lowest BCUT2D eigenvalue weighted by Crippen LogP contribution is -2.40. The molecule has 0 atom stereocenters. The molecule has 1 aliphatic heterocycles. The highest BCUT2D eigenvalue weighted by atomic mass is 32.2. The van der Waals surface area contributed by atoms with Crippen molar-refractivity contribution in [2.75, 3.05) is 45.6 Å². The predicted octanol–water partition coefficient (Wildman–Crippen LogP) is 1.78. The Morgan fingerprint density at radius 2 is 2.14 bits per heavy atom. The van der Waals surface area contributed by atoms with E-state index in [1.807, 2.05) is 11.4 Å². The smallest absolute Gasteiger partial charge is 0.263 e. The average Bonchev–Trinajstić information content (AvgIpc) is 3.16. The zero-order valence-corrected chi connectivity index (χ0v) is 18.6. The average molecular weight is 437 g/mol. The number of pyridine rings is 1. The molecule has 0 saturated carbocycles. The third kappa shape index (κ3) is 6.15. The lowest BCUT2D eigenvalue weighted by molar-refractivity contribution is 0.0362. The molecule has 0 aromatic carbocycles. The van der Waals surface area contributed by atoms with Crippen molar-refractivity contribution in [1.82, 2.24) is 19.8 Å². The Labute approximate surface area is 179 Å². The van der Waals surface area contributed by atoms with Crippen molar-refractivity contribution in [2.24, 2.45) is 0 Å². The van der Waals surface area contributed by atoms with Gasteiger partial charge in [-0.15, -0.1) is 11.3 Å². The number of thioether (sulfide) groups is 1. The second kappa shape index (κ2) is 10.9. The number of rotatable bonds is 9. The molecule has 0 spiro atoms. The van der Waals surface area contributed by atoms with Crippen LogP contribution in [0.15, 0.2) is 22.4 Å². The van der Waals surface area contributed by atoms with Crippen molar-refractivity contribution in [1.29, 1.82) is 0 Å². The van der Waals surface area contributed by atoms with Gasteiger partial charge in [-0.05, 0) is 24.8 Å². The molecule has 1 amide bonds. The summed E-state index contributed by atoms with van der Waals surface area (Å²) in [6.45, 7) is 6.82. The van der Waals surface area contributed by atoms with Gasteiger partial charge in [0.2, 0.25) is 0 Å². The molecule has 0 aliphatic carbocycles. The van der Waals surface area contributed by atoms with E-state index in [1.54, 1.807) is 40.8 Å². The summed E-state index contributed by atoms with van der Waals surface area (Å²) in [5, 5.41) is 6.01. The number of nitrogens with zero attached hydrogens (tertiary/aromatic N) is 3. The van der Waals surface area contributed by atoms with Crippen LogP contribution >= 0.6 is 23.1 Å². The van der Waals surface area contributed by atoms with Crippen LogP contribution in [0, 0.1) is 6.92 Å². The molecule has 29 heavy (non-hydrogen) atoms. The number of hydrogen-bond donors (Lipinski definition) is 1. The van der Waals surface area contributed by atoms with Crippen LogP contribution in [0.3, 0.4) is 0 Å². The zero-order chi connectivity index (χ0) is 20.6.